The molecule has 0 saturated heterocycles. The molecule has 0 aliphatic rings. The fourth-order valence-corrected chi connectivity index (χ4v) is 0. The van der Waals surface area contributed by atoms with E-state index in [9.17, 15) is 19.8 Å². The topological polar surface area (TPSA) is 121 Å². The number of aliphatic hydroxyl groups excluding tert-OH is 2. The average molecular weight is 239 g/mol. The Labute approximate surface area is 110 Å². The number of carbonyl (C=O) groups excluding carboxylic acids is 2. The molecule has 0 aromatic carbocycles. The predicted octanol–water partition coefficient (Wildman–Crippen LogP) is -7.30. The minimum Gasteiger partial charge on any atom is -0.547 e. The molecule has 0 bridgehead atoms. The van der Waals surface area contributed by atoms with E-state index in [0.717, 1.165) is 13.8 Å². The largest absolute Gasteiger partial charge is 1.00 e. The van der Waals surface area contributed by atoms with Crippen LogP contribution in [0.15, 0.2) is 0 Å². The third-order valence-electron chi connectivity index (χ3n) is 0.682. The zero-order chi connectivity index (χ0) is 10.3. The third-order valence-corrected chi connectivity index (χ3v) is 0.682. The van der Waals surface area contributed by atoms with Crippen molar-refractivity contribution in [1.82, 2.24) is 0 Å². The second kappa shape index (κ2) is 13.2. The van der Waals surface area contributed by atoms with Crippen molar-refractivity contribution >= 4 is 11.9 Å². The normalized spacial score (nSPS) is 11.7. The summed E-state index contributed by atoms with van der Waals surface area (Å²) in [6.45, 7) is 2.27. The van der Waals surface area contributed by atoms with Gasteiger partial charge in [0.05, 0.1) is 36.6 Å². The van der Waals surface area contributed by atoms with E-state index in [1.807, 2.05) is 0 Å². The number of rotatable bonds is 2. The molecule has 0 rings (SSSR count). The molecule has 0 aromatic heterocycles. The van der Waals surface area contributed by atoms with Crippen LogP contribution in [-0.4, -0.2) is 34.4 Å². The van der Waals surface area contributed by atoms with E-state index < -0.39 is 24.1 Å². The van der Waals surface area contributed by atoms with Gasteiger partial charge in [0, 0.05) is 0 Å². The van der Waals surface area contributed by atoms with E-state index in [4.69, 9.17) is 10.2 Å². The van der Waals surface area contributed by atoms with Gasteiger partial charge in [0.2, 0.25) is 0 Å². The molecule has 6 nitrogen and oxygen atoms in total. The van der Waals surface area contributed by atoms with Crippen molar-refractivity contribution in [2.24, 2.45) is 0 Å². The SMILES string of the molecule is CC(O)C(=O)[O-].CC(O)C(=O)[O-].[ClH2+].[Na+]. The number of hydrogen-bond acceptors (Lipinski definition) is 6. The van der Waals surface area contributed by atoms with Crippen LogP contribution in [0, 0.1) is 12.4 Å². The number of carboxylic acids is 2. The quantitative estimate of drug-likeness (QED) is 0.461. The Morgan fingerprint density at radius 2 is 1.07 bits per heavy atom. The van der Waals surface area contributed by atoms with E-state index in [-0.39, 0.29) is 42.0 Å². The third kappa shape index (κ3) is 22.7. The second-order valence-electron chi connectivity index (χ2n) is 1.99. The van der Waals surface area contributed by atoms with Gasteiger partial charge in [-0.15, -0.1) is 0 Å². The number of aliphatic hydroxyl groups is 2. The van der Waals surface area contributed by atoms with Gasteiger partial charge in [0.25, 0.3) is 0 Å². The maximum atomic E-state index is 9.34. The van der Waals surface area contributed by atoms with E-state index in [0.29, 0.717) is 0 Å². The van der Waals surface area contributed by atoms with Crippen molar-refractivity contribution in [2.45, 2.75) is 26.1 Å². The van der Waals surface area contributed by atoms with Gasteiger partial charge >= 0.3 is 29.6 Å². The molecule has 80 valence electrons. The van der Waals surface area contributed by atoms with E-state index in [1.54, 1.807) is 0 Å². The van der Waals surface area contributed by atoms with Crippen LogP contribution < -0.4 is 39.8 Å². The summed E-state index contributed by atoms with van der Waals surface area (Å²) in [5.74, 6) is -2.87. The van der Waals surface area contributed by atoms with Gasteiger partial charge < -0.3 is 30.0 Å². The molecule has 2 unspecified atom stereocenters. The number of hydrogen-bond donors (Lipinski definition) is 2. The minimum absolute atomic E-state index is 0. The molecule has 0 saturated carbocycles. The Morgan fingerprint density at radius 3 is 1.07 bits per heavy atom. The molecule has 0 aliphatic heterocycles. The van der Waals surface area contributed by atoms with E-state index >= 15 is 0 Å². The Hall–Kier alpha value is 0.150. The van der Waals surface area contributed by atoms with Crippen LogP contribution in [0.1, 0.15) is 13.8 Å². The van der Waals surface area contributed by atoms with Gasteiger partial charge in [0.1, 0.15) is 0 Å². The van der Waals surface area contributed by atoms with Crippen LogP contribution in [0.2, 0.25) is 0 Å². The number of aliphatic carboxylic acids is 2. The van der Waals surface area contributed by atoms with Gasteiger partial charge in [0.15, 0.2) is 0 Å². The second-order valence-corrected chi connectivity index (χ2v) is 1.99. The van der Waals surface area contributed by atoms with Crippen molar-refractivity contribution in [2.75, 3.05) is 0 Å². The Kier molecular flexibility index (Phi) is 22.3. The van der Waals surface area contributed by atoms with Gasteiger partial charge in [-0.3, -0.25) is 0 Å². The summed E-state index contributed by atoms with van der Waals surface area (Å²) in [7, 11) is 0. The minimum atomic E-state index is -1.44. The van der Waals surface area contributed by atoms with Crippen LogP contribution in [0.5, 0.6) is 0 Å². The van der Waals surface area contributed by atoms with Gasteiger partial charge in [-0.25, -0.2) is 0 Å². The van der Waals surface area contributed by atoms with E-state index in [2.05, 4.69) is 0 Å². The first-order valence-electron chi connectivity index (χ1n) is 3.06. The maximum absolute atomic E-state index is 9.34. The molecule has 0 fully saturated rings. The van der Waals surface area contributed by atoms with Gasteiger partial charge in [-0.1, -0.05) is 0 Å². The van der Waals surface area contributed by atoms with Crippen LogP contribution in [0.3, 0.4) is 0 Å². The summed E-state index contributed by atoms with van der Waals surface area (Å²) in [4.78, 5) is 18.7. The first-order chi connectivity index (χ1) is 5.29. The summed E-state index contributed by atoms with van der Waals surface area (Å²) in [5, 5.41) is 34.6. The Balaban J connectivity index is -0.0000000625. The van der Waals surface area contributed by atoms with Crippen molar-refractivity contribution < 1.29 is 72.0 Å². The van der Waals surface area contributed by atoms with Crippen molar-refractivity contribution in [3.8, 4) is 0 Å². The number of halogens is 1. The predicted molar refractivity (Wildman–Crippen MR) is 36.2 cm³/mol. The molecule has 0 radical (unpaired) electrons. The molecule has 0 spiro atoms. The molecule has 14 heavy (non-hydrogen) atoms. The monoisotopic (exact) mass is 238 g/mol. The molecule has 2 atom stereocenters. The standard InChI is InChI=1S/2C3H6O3.ClH2.Na/c2*1-2(4)3(5)6;;/h2*2,4H,1H3,(H,5,6);1H2;/q;;2*+1/p-2. The first-order valence-corrected chi connectivity index (χ1v) is 3.06. The first kappa shape index (κ1) is 23.8. The average Bonchev–Trinajstić information content (AvgIpc) is 1.88. The summed E-state index contributed by atoms with van der Waals surface area (Å²) in [6, 6.07) is 0. The zero-order valence-electron chi connectivity index (χ0n) is 8.13. The van der Waals surface area contributed by atoms with Crippen LogP contribution in [0.25, 0.3) is 0 Å². The van der Waals surface area contributed by atoms with E-state index in [1.165, 1.54) is 0 Å². The Bertz CT molecular complexity index is 142. The Morgan fingerprint density at radius 1 is 1.00 bits per heavy atom. The summed E-state index contributed by atoms with van der Waals surface area (Å²) >= 11 is 0. The molecule has 0 aliphatic carbocycles. The fourth-order valence-electron chi connectivity index (χ4n) is 0. The molecule has 2 N–H and O–H groups in total. The van der Waals surface area contributed by atoms with Crippen molar-refractivity contribution in [3.63, 3.8) is 0 Å². The van der Waals surface area contributed by atoms with Crippen LogP contribution >= 0.6 is 0 Å². The summed E-state index contributed by atoms with van der Waals surface area (Å²) in [6.07, 6.45) is -2.69. The molecule has 0 heterocycles. The molecule has 8 heteroatoms. The summed E-state index contributed by atoms with van der Waals surface area (Å²) < 4.78 is 0. The molecule has 0 amide bonds. The van der Waals surface area contributed by atoms with Gasteiger partial charge in [-0.05, 0) is 13.8 Å². The molecular formula is C6H12ClNaO6. The maximum Gasteiger partial charge on any atom is 1.00 e. The number of carboxylic acid groups (broad SMARTS) is 2. The van der Waals surface area contributed by atoms with Crippen LogP contribution in [0.4, 0.5) is 0 Å². The zero-order valence-corrected chi connectivity index (χ0v) is 11.0. The fraction of sp³-hybridized carbons (Fsp3) is 0.667. The smallest absolute Gasteiger partial charge is 0.547 e. The van der Waals surface area contributed by atoms with Gasteiger partial charge in [-0.2, -0.15) is 0 Å². The van der Waals surface area contributed by atoms with Crippen LogP contribution in [-0.2, 0) is 9.59 Å². The number of carbonyl (C=O) groups is 2. The summed E-state index contributed by atoms with van der Waals surface area (Å²) in [5.41, 5.74) is 0. The van der Waals surface area contributed by atoms with Crippen molar-refractivity contribution in [3.05, 3.63) is 0 Å². The molecule has 0 aromatic rings. The molecular weight excluding hydrogens is 227 g/mol. The van der Waals surface area contributed by atoms with Crippen molar-refractivity contribution in [1.29, 1.82) is 0 Å².